The number of nitrogens with one attached hydrogen (secondary N) is 2. The summed E-state index contributed by atoms with van der Waals surface area (Å²) >= 11 is 0. The third-order valence-corrected chi connectivity index (χ3v) is 7.29. The monoisotopic (exact) mass is 392 g/mol. The summed E-state index contributed by atoms with van der Waals surface area (Å²) in [6.07, 6.45) is 5.79. The molecule has 0 bridgehead atoms. The van der Waals surface area contributed by atoms with Crippen molar-refractivity contribution >= 4 is 17.5 Å². The molecule has 1 spiro atoms. The highest BCUT2D eigenvalue weighted by atomic mass is 16.5. The number of para-hydroxylation sites is 1. The third-order valence-electron chi connectivity index (χ3n) is 7.29. The van der Waals surface area contributed by atoms with Gasteiger partial charge in [0.05, 0.1) is 5.56 Å². The van der Waals surface area contributed by atoms with Gasteiger partial charge in [0.25, 0.3) is 11.8 Å². The number of benzene rings is 1. The number of nitrogens with zero attached hydrogens (tertiary/aromatic N) is 2. The first kappa shape index (κ1) is 17.1. The van der Waals surface area contributed by atoms with Crippen molar-refractivity contribution < 1.29 is 14.1 Å². The maximum Gasteiger partial charge on any atom is 0.276 e. The lowest BCUT2D eigenvalue weighted by atomic mass is 9.89. The third kappa shape index (κ3) is 2.46. The number of aromatic nitrogens is 1. The summed E-state index contributed by atoms with van der Waals surface area (Å²) in [5.41, 5.74) is 2.59. The van der Waals surface area contributed by atoms with Crippen LogP contribution in [0.1, 0.15) is 57.9 Å². The largest absolute Gasteiger partial charge is 0.362 e. The summed E-state index contributed by atoms with van der Waals surface area (Å²) in [5, 5.41) is 11.0. The molecule has 6 rings (SSSR count). The SMILES string of the molecule is O=C1N[C@]2(CC[C@@H]3CN(C(=O)c4noc5c4CCCC5)C[C@@H]32)Nc2ccccc21. The molecule has 3 atom stereocenters. The molecule has 2 fully saturated rings. The van der Waals surface area contributed by atoms with E-state index in [1.165, 1.54) is 0 Å². The predicted octanol–water partition coefficient (Wildman–Crippen LogP) is 2.59. The van der Waals surface area contributed by atoms with Gasteiger partial charge in [-0.3, -0.25) is 9.59 Å². The summed E-state index contributed by atoms with van der Waals surface area (Å²) in [4.78, 5) is 27.9. The van der Waals surface area contributed by atoms with Gasteiger partial charge in [-0.25, -0.2) is 0 Å². The zero-order chi connectivity index (χ0) is 19.6. The van der Waals surface area contributed by atoms with E-state index in [9.17, 15) is 9.59 Å². The van der Waals surface area contributed by atoms with Gasteiger partial charge in [0.15, 0.2) is 5.69 Å². The molecule has 2 aliphatic carbocycles. The van der Waals surface area contributed by atoms with Gasteiger partial charge in [-0.1, -0.05) is 17.3 Å². The first-order chi connectivity index (χ1) is 14.1. The van der Waals surface area contributed by atoms with Gasteiger partial charge in [-0.05, 0) is 50.2 Å². The van der Waals surface area contributed by atoms with Crippen LogP contribution in [-0.2, 0) is 12.8 Å². The number of hydrogen-bond acceptors (Lipinski definition) is 5. The summed E-state index contributed by atoms with van der Waals surface area (Å²) in [6.45, 7) is 1.34. The van der Waals surface area contributed by atoms with E-state index in [-0.39, 0.29) is 17.7 Å². The molecule has 29 heavy (non-hydrogen) atoms. The Kier molecular flexibility index (Phi) is 3.58. The molecule has 2 aliphatic heterocycles. The van der Waals surface area contributed by atoms with Crippen LogP contribution < -0.4 is 10.6 Å². The number of rotatable bonds is 1. The molecule has 3 heterocycles. The van der Waals surface area contributed by atoms with Crippen LogP contribution in [0.3, 0.4) is 0 Å². The van der Waals surface area contributed by atoms with Gasteiger partial charge in [-0.2, -0.15) is 0 Å². The maximum absolute atomic E-state index is 13.2. The van der Waals surface area contributed by atoms with E-state index >= 15 is 0 Å². The van der Waals surface area contributed by atoms with E-state index in [1.54, 1.807) is 0 Å². The summed E-state index contributed by atoms with van der Waals surface area (Å²) < 4.78 is 5.46. The Balaban J connectivity index is 1.26. The molecule has 150 valence electrons. The number of aryl methyl sites for hydroxylation is 1. The van der Waals surface area contributed by atoms with Gasteiger partial charge in [-0.15, -0.1) is 0 Å². The summed E-state index contributed by atoms with van der Waals surface area (Å²) in [6, 6.07) is 7.63. The topological polar surface area (TPSA) is 87.5 Å². The zero-order valence-corrected chi connectivity index (χ0v) is 16.2. The average Bonchev–Trinajstić information content (AvgIpc) is 3.43. The lowest BCUT2D eigenvalue weighted by molar-refractivity contribution is 0.0757. The van der Waals surface area contributed by atoms with E-state index in [0.29, 0.717) is 30.3 Å². The lowest BCUT2D eigenvalue weighted by Crippen LogP contribution is -2.61. The molecule has 7 nitrogen and oxygen atoms in total. The first-order valence-electron chi connectivity index (χ1n) is 10.6. The van der Waals surface area contributed by atoms with Crippen molar-refractivity contribution in [3.63, 3.8) is 0 Å². The molecule has 7 heteroatoms. The summed E-state index contributed by atoms with van der Waals surface area (Å²) in [7, 11) is 0. The number of fused-ring (bicyclic) bond motifs is 4. The second-order valence-corrected chi connectivity index (χ2v) is 8.85. The van der Waals surface area contributed by atoms with Gasteiger partial charge in [0.1, 0.15) is 11.4 Å². The Morgan fingerprint density at radius 1 is 1.17 bits per heavy atom. The fourth-order valence-corrected chi connectivity index (χ4v) is 5.83. The zero-order valence-electron chi connectivity index (χ0n) is 16.2. The summed E-state index contributed by atoms with van der Waals surface area (Å²) in [5.74, 6) is 1.39. The van der Waals surface area contributed by atoms with Gasteiger partial charge >= 0.3 is 0 Å². The minimum absolute atomic E-state index is 0.0241. The molecule has 2 N–H and O–H groups in total. The standard InChI is InChI=1S/C22H24N4O3/c27-20-14-5-1-3-7-17(14)23-22(24-20)10-9-13-11-26(12-16(13)22)21(28)19-15-6-2-4-8-18(15)29-25-19/h1,3,5,7,13,16,23H,2,4,6,8-12H2,(H,24,27)/t13-,16+,22+/m1/s1. The van der Waals surface area contributed by atoms with Crippen LogP contribution in [0.25, 0.3) is 0 Å². The van der Waals surface area contributed by atoms with E-state index in [1.807, 2.05) is 29.2 Å². The number of carbonyl (C=O) groups excluding carboxylic acids is 2. The Morgan fingerprint density at radius 3 is 2.97 bits per heavy atom. The Morgan fingerprint density at radius 2 is 2.03 bits per heavy atom. The molecule has 1 saturated heterocycles. The van der Waals surface area contributed by atoms with E-state index in [0.717, 1.165) is 55.5 Å². The second-order valence-electron chi connectivity index (χ2n) is 8.85. The Labute approximate surface area is 168 Å². The van der Waals surface area contributed by atoms with Crippen molar-refractivity contribution in [1.29, 1.82) is 0 Å². The van der Waals surface area contributed by atoms with Gasteiger partial charge < -0.3 is 20.1 Å². The highest BCUT2D eigenvalue weighted by Crippen LogP contribution is 2.47. The molecule has 2 aromatic rings. The van der Waals surface area contributed by atoms with Crippen molar-refractivity contribution in [3.8, 4) is 0 Å². The highest BCUT2D eigenvalue weighted by Gasteiger charge is 2.56. The number of carbonyl (C=O) groups is 2. The maximum atomic E-state index is 13.2. The van der Waals surface area contributed by atoms with Crippen molar-refractivity contribution in [2.75, 3.05) is 18.4 Å². The van der Waals surface area contributed by atoms with Crippen LogP contribution in [0.15, 0.2) is 28.8 Å². The Bertz CT molecular complexity index is 1020. The molecule has 1 aromatic heterocycles. The van der Waals surface area contributed by atoms with Crippen LogP contribution in [0, 0.1) is 11.8 Å². The number of hydrogen-bond donors (Lipinski definition) is 2. The minimum Gasteiger partial charge on any atom is -0.362 e. The van der Waals surface area contributed by atoms with Gasteiger partial charge in [0.2, 0.25) is 0 Å². The second kappa shape index (κ2) is 6.08. The minimum atomic E-state index is -0.478. The van der Waals surface area contributed by atoms with Crippen LogP contribution in [0.5, 0.6) is 0 Å². The Hall–Kier alpha value is -2.83. The smallest absolute Gasteiger partial charge is 0.276 e. The quantitative estimate of drug-likeness (QED) is 0.779. The number of amides is 2. The van der Waals surface area contributed by atoms with Crippen molar-refractivity contribution in [3.05, 3.63) is 46.8 Å². The molecule has 4 aliphatic rings. The first-order valence-corrected chi connectivity index (χ1v) is 10.6. The molecule has 0 unspecified atom stereocenters. The van der Waals surface area contributed by atoms with Crippen LogP contribution >= 0.6 is 0 Å². The average molecular weight is 392 g/mol. The van der Waals surface area contributed by atoms with Gasteiger partial charge in [0, 0.05) is 36.7 Å². The van der Waals surface area contributed by atoms with Crippen LogP contribution in [0.4, 0.5) is 5.69 Å². The van der Waals surface area contributed by atoms with E-state index in [4.69, 9.17) is 4.52 Å². The fraction of sp³-hybridized carbons (Fsp3) is 0.500. The van der Waals surface area contributed by atoms with Crippen molar-refractivity contribution in [2.45, 2.75) is 44.2 Å². The molecular weight excluding hydrogens is 368 g/mol. The predicted molar refractivity (Wildman–Crippen MR) is 106 cm³/mol. The highest BCUT2D eigenvalue weighted by molar-refractivity contribution is 6.02. The lowest BCUT2D eigenvalue weighted by Gasteiger charge is -2.41. The molecule has 1 aromatic carbocycles. The van der Waals surface area contributed by atoms with Crippen molar-refractivity contribution in [2.24, 2.45) is 11.8 Å². The number of anilines is 1. The van der Waals surface area contributed by atoms with Crippen molar-refractivity contribution in [1.82, 2.24) is 15.4 Å². The molecule has 0 radical (unpaired) electrons. The fourth-order valence-electron chi connectivity index (χ4n) is 5.83. The van der Waals surface area contributed by atoms with E-state index < -0.39 is 5.66 Å². The van der Waals surface area contributed by atoms with E-state index in [2.05, 4.69) is 15.8 Å². The normalized spacial score (nSPS) is 29.8. The molecular formula is C22H24N4O3. The van der Waals surface area contributed by atoms with Crippen LogP contribution in [0.2, 0.25) is 0 Å². The van der Waals surface area contributed by atoms with Crippen LogP contribution in [-0.4, -0.2) is 40.6 Å². The molecule has 1 saturated carbocycles. The molecule has 2 amide bonds. The number of likely N-dealkylation sites (tertiary alicyclic amines) is 1.